The van der Waals surface area contributed by atoms with Gasteiger partial charge in [0.15, 0.2) is 0 Å². The lowest BCUT2D eigenvalue weighted by atomic mass is 9.98. The van der Waals surface area contributed by atoms with Crippen LogP contribution in [0.3, 0.4) is 0 Å². The molecule has 0 aromatic heterocycles. The number of rotatable bonds is 8. The number of hydrogen-bond donors (Lipinski definition) is 2. The number of aliphatic carboxylic acids is 1. The van der Waals surface area contributed by atoms with Gasteiger partial charge in [0, 0.05) is 18.0 Å². The zero-order valence-corrected chi connectivity index (χ0v) is 19.7. The zero-order chi connectivity index (χ0) is 24.2. The minimum atomic E-state index is -1.02. The van der Waals surface area contributed by atoms with Gasteiger partial charge in [0.1, 0.15) is 13.2 Å². The molecular formula is C27H32N2O5. The Morgan fingerprint density at radius 3 is 2.12 bits per heavy atom. The standard InChI is InChI=1S/C27H32N2O5/c1-17(26(32)29(15-25(30)31)19-9-3-4-10-19)18(2)28-27(33)34-16-24-22-13-7-5-11-20(22)21-12-6-8-14-23(21)24/h5-8,11-14,17-19,24H,3-4,9-10,15-16H2,1-2H3,(H,28,33)(H,30,31). The van der Waals surface area contributed by atoms with Crippen LogP contribution in [0.25, 0.3) is 11.1 Å². The van der Waals surface area contributed by atoms with Gasteiger partial charge in [-0.25, -0.2) is 4.79 Å². The van der Waals surface area contributed by atoms with Gasteiger partial charge < -0.3 is 20.1 Å². The molecule has 4 rings (SSSR count). The molecule has 0 bridgehead atoms. The third kappa shape index (κ3) is 4.93. The molecule has 2 amide bonds. The molecule has 180 valence electrons. The fourth-order valence-electron chi connectivity index (χ4n) is 5.18. The molecule has 1 saturated carbocycles. The predicted octanol–water partition coefficient (Wildman–Crippen LogP) is 4.41. The molecule has 2 unspecified atom stereocenters. The molecule has 2 aliphatic rings. The second-order valence-corrected chi connectivity index (χ2v) is 9.35. The first-order chi connectivity index (χ1) is 16.4. The number of carbonyl (C=O) groups is 3. The Bertz CT molecular complexity index is 1020. The van der Waals surface area contributed by atoms with Gasteiger partial charge in [-0.05, 0) is 42.0 Å². The fourth-order valence-corrected chi connectivity index (χ4v) is 5.18. The van der Waals surface area contributed by atoms with Crippen LogP contribution in [0.2, 0.25) is 0 Å². The van der Waals surface area contributed by atoms with Crippen LogP contribution in [0.4, 0.5) is 4.79 Å². The summed E-state index contributed by atoms with van der Waals surface area (Å²) in [5.74, 6) is -1.88. The molecule has 0 spiro atoms. The van der Waals surface area contributed by atoms with E-state index in [-0.39, 0.29) is 31.0 Å². The van der Waals surface area contributed by atoms with Gasteiger partial charge in [-0.3, -0.25) is 9.59 Å². The summed E-state index contributed by atoms with van der Waals surface area (Å²) in [4.78, 5) is 38.5. The number of carboxylic acid groups (broad SMARTS) is 1. The third-order valence-electron chi connectivity index (χ3n) is 7.18. The fraction of sp³-hybridized carbons (Fsp3) is 0.444. The van der Waals surface area contributed by atoms with Gasteiger partial charge in [0.05, 0.1) is 5.92 Å². The van der Waals surface area contributed by atoms with Gasteiger partial charge >= 0.3 is 12.1 Å². The Morgan fingerprint density at radius 2 is 1.56 bits per heavy atom. The van der Waals surface area contributed by atoms with Crippen molar-refractivity contribution < 1.29 is 24.2 Å². The van der Waals surface area contributed by atoms with Crippen molar-refractivity contribution in [3.8, 4) is 11.1 Å². The smallest absolute Gasteiger partial charge is 0.407 e. The molecular weight excluding hydrogens is 432 g/mol. The van der Waals surface area contributed by atoms with E-state index in [1.54, 1.807) is 13.8 Å². The van der Waals surface area contributed by atoms with Crippen molar-refractivity contribution in [1.29, 1.82) is 0 Å². The number of benzene rings is 2. The summed E-state index contributed by atoms with van der Waals surface area (Å²) in [5, 5.41) is 12.1. The van der Waals surface area contributed by atoms with E-state index in [0.29, 0.717) is 0 Å². The monoisotopic (exact) mass is 464 g/mol. The lowest BCUT2D eigenvalue weighted by molar-refractivity contribution is -0.148. The first kappa shape index (κ1) is 23.8. The Morgan fingerprint density at radius 1 is 1.00 bits per heavy atom. The molecule has 0 aliphatic heterocycles. The van der Waals surface area contributed by atoms with Gasteiger partial charge in [0.2, 0.25) is 5.91 Å². The van der Waals surface area contributed by atoms with Crippen LogP contribution in [-0.2, 0) is 14.3 Å². The molecule has 7 nitrogen and oxygen atoms in total. The molecule has 34 heavy (non-hydrogen) atoms. The zero-order valence-electron chi connectivity index (χ0n) is 19.7. The second kappa shape index (κ2) is 10.3. The number of nitrogens with zero attached hydrogens (tertiary/aromatic N) is 1. The van der Waals surface area contributed by atoms with Gasteiger partial charge in [-0.15, -0.1) is 0 Å². The average Bonchev–Trinajstić information content (AvgIpc) is 3.47. The van der Waals surface area contributed by atoms with Gasteiger partial charge in [-0.2, -0.15) is 0 Å². The Hall–Kier alpha value is -3.35. The normalized spacial score (nSPS) is 16.9. The minimum absolute atomic E-state index is 0.0408. The van der Waals surface area contributed by atoms with Crippen molar-refractivity contribution in [1.82, 2.24) is 10.2 Å². The number of hydrogen-bond acceptors (Lipinski definition) is 4. The molecule has 2 atom stereocenters. The summed E-state index contributed by atoms with van der Waals surface area (Å²) in [5.41, 5.74) is 4.58. The van der Waals surface area contributed by atoms with Crippen LogP contribution in [0.1, 0.15) is 56.6 Å². The van der Waals surface area contributed by atoms with Crippen molar-refractivity contribution in [3.05, 3.63) is 59.7 Å². The van der Waals surface area contributed by atoms with Crippen LogP contribution in [0, 0.1) is 5.92 Å². The molecule has 2 aliphatic carbocycles. The number of alkyl carbamates (subject to hydrolysis) is 1. The molecule has 0 heterocycles. The number of carboxylic acids is 1. The number of fused-ring (bicyclic) bond motifs is 3. The lowest BCUT2D eigenvalue weighted by Gasteiger charge is -2.32. The minimum Gasteiger partial charge on any atom is -0.480 e. The van der Waals surface area contributed by atoms with Crippen molar-refractivity contribution in [2.75, 3.05) is 13.2 Å². The van der Waals surface area contributed by atoms with Crippen molar-refractivity contribution >= 4 is 18.0 Å². The highest BCUT2D eigenvalue weighted by atomic mass is 16.5. The Kier molecular flexibility index (Phi) is 7.20. The SMILES string of the molecule is CC(NC(=O)OCC1c2ccccc2-c2ccccc21)C(C)C(=O)N(CC(=O)O)C1CCCC1. The van der Waals surface area contributed by atoms with E-state index in [0.717, 1.165) is 47.9 Å². The maximum absolute atomic E-state index is 13.1. The van der Waals surface area contributed by atoms with Crippen molar-refractivity contribution in [3.63, 3.8) is 0 Å². The second-order valence-electron chi connectivity index (χ2n) is 9.35. The number of ether oxygens (including phenoxy) is 1. The van der Waals surface area contributed by atoms with Crippen LogP contribution >= 0.6 is 0 Å². The first-order valence-corrected chi connectivity index (χ1v) is 12.0. The molecule has 2 N–H and O–H groups in total. The number of nitrogens with one attached hydrogen (secondary N) is 1. The lowest BCUT2D eigenvalue weighted by Crippen LogP contribution is -2.50. The van der Waals surface area contributed by atoms with E-state index in [2.05, 4.69) is 29.6 Å². The number of amides is 2. The third-order valence-corrected chi connectivity index (χ3v) is 7.18. The summed E-state index contributed by atoms with van der Waals surface area (Å²) in [6.07, 6.45) is 3.05. The Balaban J connectivity index is 1.36. The van der Waals surface area contributed by atoms with Gasteiger partial charge in [0.25, 0.3) is 0 Å². The van der Waals surface area contributed by atoms with E-state index in [1.165, 1.54) is 4.90 Å². The molecule has 7 heteroatoms. The summed E-state index contributed by atoms with van der Waals surface area (Å²) >= 11 is 0. The predicted molar refractivity (Wildman–Crippen MR) is 128 cm³/mol. The molecule has 0 saturated heterocycles. The van der Waals surface area contributed by atoms with Crippen LogP contribution < -0.4 is 5.32 Å². The van der Waals surface area contributed by atoms with Crippen LogP contribution in [0.5, 0.6) is 0 Å². The molecule has 0 radical (unpaired) electrons. The summed E-state index contributed by atoms with van der Waals surface area (Å²) < 4.78 is 5.60. The topological polar surface area (TPSA) is 95.9 Å². The Labute approximate surface area is 200 Å². The summed E-state index contributed by atoms with van der Waals surface area (Å²) in [6, 6.07) is 15.7. The van der Waals surface area contributed by atoms with E-state index in [9.17, 15) is 19.5 Å². The summed E-state index contributed by atoms with van der Waals surface area (Å²) in [7, 11) is 0. The van der Waals surface area contributed by atoms with Gasteiger partial charge in [-0.1, -0.05) is 68.3 Å². The molecule has 2 aromatic carbocycles. The number of carbonyl (C=O) groups excluding carboxylic acids is 2. The highest BCUT2D eigenvalue weighted by Gasteiger charge is 2.34. The van der Waals surface area contributed by atoms with E-state index >= 15 is 0 Å². The average molecular weight is 465 g/mol. The van der Waals surface area contributed by atoms with Crippen molar-refractivity contribution in [2.24, 2.45) is 5.92 Å². The summed E-state index contributed by atoms with van der Waals surface area (Å²) in [6.45, 7) is 3.35. The highest BCUT2D eigenvalue weighted by Crippen LogP contribution is 2.44. The van der Waals surface area contributed by atoms with E-state index in [4.69, 9.17) is 4.74 Å². The van der Waals surface area contributed by atoms with Crippen LogP contribution in [0.15, 0.2) is 48.5 Å². The van der Waals surface area contributed by atoms with E-state index in [1.807, 2.05) is 24.3 Å². The maximum Gasteiger partial charge on any atom is 0.407 e. The molecule has 2 aromatic rings. The van der Waals surface area contributed by atoms with E-state index < -0.39 is 24.0 Å². The highest BCUT2D eigenvalue weighted by molar-refractivity contribution is 5.84. The van der Waals surface area contributed by atoms with Crippen molar-refractivity contribution in [2.45, 2.75) is 57.5 Å². The van der Waals surface area contributed by atoms with Crippen LogP contribution in [-0.4, -0.2) is 53.2 Å². The molecule has 1 fully saturated rings. The quantitative estimate of drug-likeness (QED) is 0.604. The maximum atomic E-state index is 13.1. The first-order valence-electron chi connectivity index (χ1n) is 12.0. The largest absolute Gasteiger partial charge is 0.480 e.